The number of benzene rings is 1. The highest BCUT2D eigenvalue weighted by Gasteiger charge is 2.06. The van der Waals surface area contributed by atoms with E-state index in [4.69, 9.17) is 5.73 Å². The molecule has 19 heavy (non-hydrogen) atoms. The second-order valence-corrected chi connectivity index (χ2v) is 4.28. The Balaban J connectivity index is 1.91. The zero-order valence-electron chi connectivity index (χ0n) is 10.5. The van der Waals surface area contributed by atoms with Crippen molar-refractivity contribution < 1.29 is 0 Å². The third-order valence-corrected chi connectivity index (χ3v) is 2.83. The smallest absolute Gasteiger partial charge is 0.222 e. The Morgan fingerprint density at radius 3 is 2.84 bits per heavy atom. The number of aryl methyl sites for hydroxylation is 1. The summed E-state index contributed by atoms with van der Waals surface area (Å²) in [4.78, 5) is 8.45. The molecule has 0 amide bonds. The Labute approximate surface area is 110 Å². The molecule has 0 spiro atoms. The Morgan fingerprint density at radius 2 is 2.05 bits per heavy atom. The number of nitrogen functional groups attached to an aromatic ring is 1. The molecule has 0 fully saturated rings. The van der Waals surface area contributed by atoms with E-state index in [1.165, 1.54) is 0 Å². The first kappa shape index (κ1) is 11.5. The molecule has 0 aliphatic heterocycles. The molecule has 0 radical (unpaired) electrons. The molecule has 3 rings (SSSR count). The van der Waals surface area contributed by atoms with Crippen LogP contribution in [0.3, 0.4) is 0 Å². The van der Waals surface area contributed by atoms with Gasteiger partial charge in [-0.2, -0.15) is 10.1 Å². The molecule has 0 aliphatic rings. The first-order valence-electron chi connectivity index (χ1n) is 5.97. The van der Waals surface area contributed by atoms with Crippen LogP contribution in [-0.2, 0) is 13.6 Å². The number of anilines is 2. The van der Waals surface area contributed by atoms with Gasteiger partial charge in [-0.3, -0.25) is 4.68 Å². The Kier molecular flexibility index (Phi) is 2.75. The highest BCUT2D eigenvalue weighted by Crippen LogP contribution is 2.21. The third kappa shape index (κ3) is 2.33. The van der Waals surface area contributed by atoms with Gasteiger partial charge in [-0.25, -0.2) is 4.98 Å². The molecule has 96 valence electrons. The van der Waals surface area contributed by atoms with Gasteiger partial charge in [0.2, 0.25) is 5.95 Å². The van der Waals surface area contributed by atoms with Crippen molar-refractivity contribution in [3.05, 3.63) is 42.2 Å². The van der Waals surface area contributed by atoms with E-state index < -0.39 is 0 Å². The van der Waals surface area contributed by atoms with Crippen LogP contribution < -0.4 is 11.1 Å². The molecular formula is C13H14N6. The molecule has 0 atom stereocenters. The lowest BCUT2D eigenvalue weighted by Gasteiger charge is -2.08. The quantitative estimate of drug-likeness (QED) is 0.741. The van der Waals surface area contributed by atoms with Crippen LogP contribution in [0.5, 0.6) is 0 Å². The zero-order valence-corrected chi connectivity index (χ0v) is 10.5. The summed E-state index contributed by atoms with van der Waals surface area (Å²) in [7, 11) is 1.89. The van der Waals surface area contributed by atoms with Gasteiger partial charge in [0.05, 0.1) is 17.8 Å². The number of aromatic nitrogens is 4. The van der Waals surface area contributed by atoms with Crippen LogP contribution in [-0.4, -0.2) is 19.7 Å². The summed E-state index contributed by atoms with van der Waals surface area (Å²) in [6.07, 6.45) is 1.91. The van der Waals surface area contributed by atoms with Crippen molar-refractivity contribution in [1.82, 2.24) is 19.7 Å². The van der Waals surface area contributed by atoms with Gasteiger partial charge in [0.15, 0.2) is 0 Å². The second kappa shape index (κ2) is 4.56. The van der Waals surface area contributed by atoms with Gasteiger partial charge in [0.25, 0.3) is 0 Å². The van der Waals surface area contributed by atoms with Gasteiger partial charge in [-0.1, -0.05) is 12.1 Å². The molecule has 3 N–H and O–H groups in total. The van der Waals surface area contributed by atoms with E-state index in [0.29, 0.717) is 6.54 Å². The summed E-state index contributed by atoms with van der Waals surface area (Å²) in [5.74, 6) is 0.996. The lowest BCUT2D eigenvalue weighted by molar-refractivity contribution is 0.747. The van der Waals surface area contributed by atoms with Gasteiger partial charge in [-0.05, 0) is 18.2 Å². The fraction of sp³-hybridized carbons (Fsp3) is 0.154. The number of para-hydroxylation sites is 1. The summed E-state index contributed by atoms with van der Waals surface area (Å²) >= 11 is 0. The molecule has 0 saturated heterocycles. The Hall–Kier alpha value is -2.63. The summed E-state index contributed by atoms with van der Waals surface area (Å²) in [6.45, 7) is 0.598. The van der Waals surface area contributed by atoms with Crippen LogP contribution in [0.2, 0.25) is 0 Å². The SMILES string of the molecule is Cn1ccc(CNc2nc(N)nc3ccccc23)n1. The summed E-state index contributed by atoms with van der Waals surface area (Å²) in [6, 6.07) is 9.72. The van der Waals surface area contributed by atoms with Crippen LogP contribution >= 0.6 is 0 Å². The van der Waals surface area contributed by atoms with Crippen molar-refractivity contribution in [1.29, 1.82) is 0 Å². The molecule has 2 aromatic heterocycles. The minimum absolute atomic E-state index is 0.266. The van der Waals surface area contributed by atoms with E-state index in [1.807, 2.05) is 43.6 Å². The van der Waals surface area contributed by atoms with Crippen molar-refractivity contribution in [2.24, 2.45) is 7.05 Å². The number of nitrogens with two attached hydrogens (primary N) is 1. The molecule has 6 heteroatoms. The number of rotatable bonds is 3. The second-order valence-electron chi connectivity index (χ2n) is 4.28. The Morgan fingerprint density at radius 1 is 1.21 bits per heavy atom. The standard InChI is InChI=1S/C13H14N6/c1-19-7-6-9(18-19)8-15-12-10-4-2-3-5-11(10)16-13(14)17-12/h2-7H,8H2,1H3,(H3,14,15,16,17). The maximum Gasteiger partial charge on any atom is 0.222 e. The number of nitrogens with zero attached hydrogens (tertiary/aromatic N) is 4. The van der Waals surface area contributed by atoms with Crippen molar-refractivity contribution >= 4 is 22.7 Å². The van der Waals surface area contributed by atoms with Gasteiger partial charge < -0.3 is 11.1 Å². The van der Waals surface area contributed by atoms with E-state index in [2.05, 4.69) is 20.4 Å². The normalized spacial score (nSPS) is 10.8. The molecule has 0 bridgehead atoms. The fourth-order valence-electron chi connectivity index (χ4n) is 1.96. The first-order chi connectivity index (χ1) is 9.22. The predicted molar refractivity (Wildman–Crippen MR) is 74.5 cm³/mol. The van der Waals surface area contributed by atoms with E-state index in [9.17, 15) is 0 Å². The zero-order chi connectivity index (χ0) is 13.2. The first-order valence-corrected chi connectivity index (χ1v) is 5.97. The van der Waals surface area contributed by atoms with Crippen LogP contribution in [0.4, 0.5) is 11.8 Å². The maximum atomic E-state index is 5.72. The topological polar surface area (TPSA) is 81.7 Å². The Bertz CT molecular complexity index is 718. The van der Waals surface area contributed by atoms with Crippen molar-refractivity contribution in [2.45, 2.75) is 6.54 Å². The van der Waals surface area contributed by atoms with Crippen LogP contribution in [0.15, 0.2) is 36.5 Å². The lowest BCUT2D eigenvalue weighted by atomic mass is 10.2. The summed E-state index contributed by atoms with van der Waals surface area (Å²) in [5.41, 5.74) is 7.50. The van der Waals surface area contributed by atoms with E-state index >= 15 is 0 Å². The average molecular weight is 254 g/mol. The van der Waals surface area contributed by atoms with Gasteiger partial charge in [0.1, 0.15) is 5.82 Å². The van der Waals surface area contributed by atoms with Crippen LogP contribution in [0, 0.1) is 0 Å². The molecule has 2 heterocycles. The average Bonchev–Trinajstić information content (AvgIpc) is 2.81. The van der Waals surface area contributed by atoms with E-state index in [1.54, 1.807) is 4.68 Å². The van der Waals surface area contributed by atoms with Crippen LogP contribution in [0.1, 0.15) is 5.69 Å². The van der Waals surface area contributed by atoms with E-state index in [0.717, 1.165) is 22.4 Å². The number of nitrogens with one attached hydrogen (secondary N) is 1. The minimum Gasteiger partial charge on any atom is -0.368 e. The third-order valence-electron chi connectivity index (χ3n) is 2.83. The molecular weight excluding hydrogens is 240 g/mol. The number of hydrogen-bond donors (Lipinski definition) is 2. The highest BCUT2D eigenvalue weighted by atomic mass is 15.3. The molecule has 6 nitrogen and oxygen atoms in total. The highest BCUT2D eigenvalue weighted by molar-refractivity contribution is 5.89. The summed E-state index contributed by atoms with van der Waals surface area (Å²) in [5, 5.41) is 8.51. The molecule has 0 aliphatic carbocycles. The monoisotopic (exact) mass is 254 g/mol. The molecule has 0 unspecified atom stereocenters. The van der Waals surface area contributed by atoms with Gasteiger partial charge in [-0.15, -0.1) is 0 Å². The van der Waals surface area contributed by atoms with Crippen molar-refractivity contribution in [2.75, 3.05) is 11.1 Å². The summed E-state index contributed by atoms with van der Waals surface area (Å²) < 4.78 is 1.77. The number of hydrogen-bond acceptors (Lipinski definition) is 5. The molecule has 1 aromatic carbocycles. The number of fused-ring (bicyclic) bond motifs is 1. The van der Waals surface area contributed by atoms with E-state index in [-0.39, 0.29) is 5.95 Å². The van der Waals surface area contributed by atoms with Gasteiger partial charge in [0, 0.05) is 18.6 Å². The largest absolute Gasteiger partial charge is 0.368 e. The van der Waals surface area contributed by atoms with Crippen molar-refractivity contribution in [3.63, 3.8) is 0 Å². The molecule has 0 saturated carbocycles. The maximum absolute atomic E-state index is 5.72. The minimum atomic E-state index is 0.266. The predicted octanol–water partition coefficient (Wildman–Crippen LogP) is 1.56. The van der Waals surface area contributed by atoms with Crippen molar-refractivity contribution in [3.8, 4) is 0 Å². The lowest BCUT2D eigenvalue weighted by Crippen LogP contribution is -2.06. The van der Waals surface area contributed by atoms with Gasteiger partial charge >= 0.3 is 0 Å². The molecule has 3 aromatic rings. The van der Waals surface area contributed by atoms with Crippen LogP contribution in [0.25, 0.3) is 10.9 Å². The fourth-order valence-corrected chi connectivity index (χ4v) is 1.96.